The SMILES string of the molecule is CCN(CCO)CCC(O)c1ccc2c(c1)NC(=O)C(C)O2. The minimum atomic E-state index is -0.616. The first-order valence-electron chi connectivity index (χ1n) is 7.68. The van der Waals surface area contributed by atoms with E-state index in [1.165, 1.54) is 0 Å². The van der Waals surface area contributed by atoms with Gasteiger partial charge < -0.3 is 25.2 Å². The van der Waals surface area contributed by atoms with E-state index in [9.17, 15) is 9.90 Å². The molecule has 2 unspecified atom stereocenters. The van der Waals surface area contributed by atoms with Gasteiger partial charge in [-0.25, -0.2) is 0 Å². The monoisotopic (exact) mass is 308 g/mol. The summed E-state index contributed by atoms with van der Waals surface area (Å²) in [7, 11) is 0. The highest BCUT2D eigenvalue weighted by atomic mass is 16.5. The Labute approximate surface area is 130 Å². The van der Waals surface area contributed by atoms with Gasteiger partial charge in [0.2, 0.25) is 0 Å². The number of benzene rings is 1. The number of hydrogen-bond donors (Lipinski definition) is 3. The molecule has 6 nitrogen and oxygen atoms in total. The minimum Gasteiger partial charge on any atom is -0.479 e. The summed E-state index contributed by atoms with van der Waals surface area (Å²) in [6.07, 6.45) is -0.549. The molecule has 1 aromatic carbocycles. The van der Waals surface area contributed by atoms with Gasteiger partial charge >= 0.3 is 0 Å². The zero-order valence-corrected chi connectivity index (χ0v) is 13.1. The Morgan fingerprint density at radius 3 is 2.86 bits per heavy atom. The summed E-state index contributed by atoms with van der Waals surface area (Å²) in [5.74, 6) is 0.442. The lowest BCUT2D eigenvalue weighted by Crippen LogP contribution is -2.34. The van der Waals surface area contributed by atoms with Crippen molar-refractivity contribution in [2.75, 3.05) is 31.6 Å². The first-order valence-corrected chi connectivity index (χ1v) is 7.68. The molecule has 2 atom stereocenters. The number of aliphatic hydroxyl groups excluding tert-OH is 2. The average molecular weight is 308 g/mol. The third-order valence-corrected chi connectivity index (χ3v) is 3.90. The number of anilines is 1. The topological polar surface area (TPSA) is 82.0 Å². The van der Waals surface area contributed by atoms with E-state index in [-0.39, 0.29) is 12.5 Å². The van der Waals surface area contributed by atoms with Crippen LogP contribution in [0.4, 0.5) is 5.69 Å². The number of aliphatic hydroxyl groups is 2. The number of nitrogens with zero attached hydrogens (tertiary/aromatic N) is 1. The first kappa shape index (κ1) is 16.7. The van der Waals surface area contributed by atoms with Crippen LogP contribution in [0.5, 0.6) is 5.75 Å². The van der Waals surface area contributed by atoms with E-state index in [4.69, 9.17) is 9.84 Å². The van der Waals surface area contributed by atoms with Gasteiger partial charge in [0.25, 0.3) is 5.91 Å². The fraction of sp³-hybridized carbons (Fsp3) is 0.562. The van der Waals surface area contributed by atoms with Gasteiger partial charge in [-0.2, -0.15) is 0 Å². The molecule has 0 radical (unpaired) electrons. The molecule has 122 valence electrons. The van der Waals surface area contributed by atoms with Crippen LogP contribution in [0.3, 0.4) is 0 Å². The van der Waals surface area contributed by atoms with Crippen LogP contribution in [-0.4, -0.2) is 53.4 Å². The molecular weight excluding hydrogens is 284 g/mol. The van der Waals surface area contributed by atoms with Gasteiger partial charge in [0, 0.05) is 13.1 Å². The molecule has 1 aliphatic heterocycles. The van der Waals surface area contributed by atoms with Gasteiger partial charge in [-0.05, 0) is 37.6 Å². The van der Waals surface area contributed by atoms with E-state index >= 15 is 0 Å². The lowest BCUT2D eigenvalue weighted by molar-refractivity contribution is -0.122. The Kier molecular flexibility index (Phi) is 5.76. The molecule has 0 aliphatic carbocycles. The predicted octanol–water partition coefficient (Wildman–Crippen LogP) is 1.14. The van der Waals surface area contributed by atoms with Gasteiger partial charge in [-0.3, -0.25) is 4.79 Å². The van der Waals surface area contributed by atoms with Crippen LogP contribution in [0.2, 0.25) is 0 Å². The number of amides is 1. The summed E-state index contributed by atoms with van der Waals surface area (Å²) in [6.45, 7) is 5.98. The van der Waals surface area contributed by atoms with Crippen LogP contribution >= 0.6 is 0 Å². The third-order valence-electron chi connectivity index (χ3n) is 3.90. The van der Waals surface area contributed by atoms with Crippen LogP contribution in [0.15, 0.2) is 18.2 Å². The van der Waals surface area contributed by atoms with Crippen LogP contribution in [-0.2, 0) is 4.79 Å². The lowest BCUT2D eigenvalue weighted by atomic mass is 10.0. The van der Waals surface area contributed by atoms with E-state index in [1.54, 1.807) is 19.1 Å². The largest absolute Gasteiger partial charge is 0.479 e. The maximum Gasteiger partial charge on any atom is 0.265 e. The zero-order chi connectivity index (χ0) is 16.1. The van der Waals surface area contributed by atoms with Crippen molar-refractivity contribution in [2.45, 2.75) is 32.5 Å². The maximum absolute atomic E-state index is 11.6. The van der Waals surface area contributed by atoms with Crippen molar-refractivity contribution >= 4 is 11.6 Å². The highest BCUT2D eigenvalue weighted by Gasteiger charge is 2.24. The van der Waals surface area contributed by atoms with Crippen molar-refractivity contribution < 1.29 is 19.7 Å². The van der Waals surface area contributed by atoms with Crippen LogP contribution < -0.4 is 10.1 Å². The van der Waals surface area contributed by atoms with Gasteiger partial charge in [0.1, 0.15) is 5.75 Å². The summed E-state index contributed by atoms with van der Waals surface area (Å²) in [4.78, 5) is 13.7. The maximum atomic E-state index is 11.6. The van der Waals surface area contributed by atoms with E-state index in [2.05, 4.69) is 10.2 Å². The highest BCUT2D eigenvalue weighted by molar-refractivity contribution is 5.97. The fourth-order valence-electron chi connectivity index (χ4n) is 2.47. The van der Waals surface area contributed by atoms with Gasteiger partial charge in [-0.1, -0.05) is 13.0 Å². The average Bonchev–Trinajstić information content (AvgIpc) is 2.51. The molecule has 1 aromatic rings. The number of likely N-dealkylation sites (N-methyl/N-ethyl adjacent to an activating group) is 1. The number of hydrogen-bond acceptors (Lipinski definition) is 5. The van der Waals surface area contributed by atoms with Crippen LogP contribution in [0, 0.1) is 0 Å². The van der Waals surface area contributed by atoms with Crippen molar-refractivity contribution in [3.63, 3.8) is 0 Å². The molecule has 0 aromatic heterocycles. The second-order valence-electron chi connectivity index (χ2n) is 5.47. The molecule has 0 saturated heterocycles. The molecule has 0 fully saturated rings. The summed E-state index contributed by atoms with van der Waals surface area (Å²) in [5, 5.41) is 22.1. The van der Waals surface area contributed by atoms with E-state index in [0.29, 0.717) is 30.9 Å². The van der Waals surface area contributed by atoms with Crippen molar-refractivity contribution in [1.29, 1.82) is 0 Å². The number of ether oxygens (including phenoxy) is 1. The molecule has 6 heteroatoms. The van der Waals surface area contributed by atoms with Crippen molar-refractivity contribution in [2.24, 2.45) is 0 Å². The van der Waals surface area contributed by atoms with E-state index < -0.39 is 12.2 Å². The molecule has 1 amide bonds. The zero-order valence-electron chi connectivity index (χ0n) is 13.1. The fourth-order valence-corrected chi connectivity index (χ4v) is 2.47. The Bertz CT molecular complexity index is 521. The first-order chi connectivity index (χ1) is 10.5. The minimum absolute atomic E-state index is 0.115. The molecule has 0 spiro atoms. The van der Waals surface area contributed by atoms with E-state index in [1.807, 2.05) is 13.0 Å². The van der Waals surface area contributed by atoms with Crippen LogP contribution in [0.1, 0.15) is 31.9 Å². The second-order valence-corrected chi connectivity index (χ2v) is 5.47. The van der Waals surface area contributed by atoms with Gasteiger partial charge in [0.05, 0.1) is 18.4 Å². The standard InChI is InChI=1S/C16H24N2O4/c1-3-18(8-9-19)7-6-14(20)12-4-5-15-13(10-12)17-16(21)11(2)22-15/h4-5,10-11,14,19-20H,3,6-9H2,1-2H3,(H,17,21). The Morgan fingerprint density at radius 1 is 1.41 bits per heavy atom. The molecule has 0 bridgehead atoms. The summed E-state index contributed by atoms with van der Waals surface area (Å²) in [5.41, 5.74) is 1.35. The lowest BCUT2D eigenvalue weighted by Gasteiger charge is -2.25. The molecular formula is C16H24N2O4. The summed E-state index contributed by atoms with van der Waals surface area (Å²) < 4.78 is 5.50. The number of carbonyl (C=O) groups excluding carboxylic acids is 1. The Morgan fingerprint density at radius 2 is 2.18 bits per heavy atom. The normalized spacial score (nSPS) is 18.6. The highest BCUT2D eigenvalue weighted by Crippen LogP contribution is 2.32. The Balaban J connectivity index is 2.00. The van der Waals surface area contributed by atoms with Crippen molar-refractivity contribution in [1.82, 2.24) is 4.90 Å². The second kappa shape index (κ2) is 7.58. The summed E-state index contributed by atoms with van der Waals surface area (Å²) in [6, 6.07) is 5.34. The summed E-state index contributed by atoms with van der Waals surface area (Å²) >= 11 is 0. The van der Waals surface area contributed by atoms with Crippen LogP contribution in [0.25, 0.3) is 0 Å². The molecule has 1 heterocycles. The number of carbonyl (C=O) groups is 1. The molecule has 1 aliphatic rings. The number of rotatable bonds is 7. The van der Waals surface area contributed by atoms with Gasteiger partial charge in [-0.15, -0.1) is 0 Å². The smallest absolute Gasteiger partial charge is 0.265 e. The van der Waals surface area contributed by atoms with Gasteiger partial charge in [0.15, 0.2) is 6.10 Å². The number of fused-ring (bicyclic) bond motifs is 1. The predicted molar refractivity (Wildman–Crippen MR) is 83.9 cm³/mol. The number of nitrogens with one attached hydrogen (secondary N) is 1. The van der Waals surface area contributed by atoms with E-state index in [0.717, 1.165) is 12.1 Å². The molecule has 22 heavy (non-hydrogen) atoms. The van der Waals surface area contributed by atoms with Crippen molar-refractivity contribution in [3.05, 3.63) is 23.8 Å². The molecule has 3 N–H and O–H groups in total. The molecule has 0 saturated carbocycles. The Hall–Kier alpha value is -1.63. The molecule has 2 rings (SSSR count). The van der Waals surface area contributed by atoms with Crippen molar-refractivity contribution in [3.8, 4) is 5.75 Å². The third kappa shape index (κ3) is 3.97. The quantitative estimate of drug-likeness (QED) is 0.704.